The minimum absolute atomic E-state index is 0.0338. The monoisotopic (exact) mass is 351 g/mol. The van der Waals surface area contributed by atoms with Crippen LogP contribution in [0.5, 0.6) is 0 Å². The van der Waals surface area contributed by atoms with Gasteiger partial charge in [0.2, 0.25) is 0 Å². The summed E-state index contributed by atoms with van der Waals surface area (Å²) >= 11 is 8.20. The molecule has 1 rings (SSSR count). The van der Waals surface area contributed by atoms with Gasteiger partial charge in [0.15, 0.2) is 0 Å². The topological polar surface area (TPSA) is 29.1 Å². The molecular formula is C12H15ClINO. The first-order valence-corrected chi connectivity index (χ1v) is 7.16. The van der Waals surface area contributed by atoms with Crippen molar-refractivity contribution in [3.63, 3.8) is 0 Å². The van der Waals surface area contributed by atoms with Gasteiger partial charge >= 0.3 is 0 Å². The van der Waals surface area contributed by atoms with Gasteiger partial charge in [-0.2, -0.15) is 0 Å². The van der Waals surface area contributed by atoms with Crippen LogP contribution in [-0.4, -0.2) is 16.9 Å². The molecule has 0 aliphatic heterocycles. The van der Waals surface area contributed by atoms with Gasteiger partial charge < -0.3 is 5.32 Å². The van der Waals surface area contributed by atoms with Gasteiger partial charge in [0.1, 0.15) is 0 Å². The number of nitrogens with one attached hydrogen (secondary N) is 1. The number of unbranched alkanes of at least 4 members (excludes halogenated alkanes) is 1. The molecule has 0 aliphatic rings. The van der Waals surface area contributed by atoms with Gasteiger partial charge in [-0.05, 0) is 41.9 Å². The van der Waals surface area contributed by atoms with E-state index in [9.17, 15) is 4.79 Å². The lowest BCUT2D eigenvalue weighted by atomic mass is 10.1. The van der Waals surface area contributed by atoms with Crippen molar-refractivity contribution in [3.8, 4) is 0 Å². The van der Waals surface area contributed by atoms with Gasteiger partial charge in [-0.1, -0.05) is 40.3 Å². The Bertz CT molecular complexity index is 368. The van der Waals surface area contributed by atoms with E-state index in [1.165, 1.54) is 0 Å². The second kappa shape index (κ2) is 7.12. The number of benzene rings is 1. The normalized spacial score (nSPS) is 10.2. The number of aryl methyl sites for hydroxylation is 1. The van der Waals surface area contributed by atoms with E-state index in [1.807, 2.05) is 13.0 Å². The predicted molar refractivity (Wildman–Crippen MR) is 76.6 cm³/mol. The second-order valence-corrected chi connectivity index (χ2v) is 5.13. The van der Waals surface area contributed by atoms with E-state index in [0.29, 0.717) is 10.6 Å². The predicted octanol–water partition coefficient (Wildman–Crippen LogP) is 3.59. The Morgan fingerprint density at radius 3 is 2.88 bits per heavy atom. The summed E-state index contributed by atoms with van der Waals surface area (Å²) in [4.78, 5) is 11.8. The lowest BCUT2D eigenvalue weighted by molar-refractivity contribution is 0.0952. The maximum atomic E-state index is 11.8. The van der Waals surface area contributed by atoms with Crippen LogP contribution < -0.4 is 5.32 Å². The third-order valence-corrected chi connectivity index (χ3v) is 3.29. The van der Waals surface area contributed by atoms with Crippen molar-refractivity contribution in [2.75, 3.05) is 11.0 Å². The summed E-state index contributed by atoms with van der Waals surface area (Å²) in [7, 11) is 0. The van der Waals surface area contributed by atoms with Gasteiger partial charge in [0, 0.05) is 17.1 Å². The largest absolute Gasteiger partial charge is 0.352 e. The number of amides is 1. The van der Waals surface area contributed by atoms with Crippen molar-refractivity contribution >= 4 is 40.1 Å². The molecule has 88 valence electrons. The van der Waals surface area contributed by atoms with Crippen molar-refractivity contribution in [2.24, 2.45) is 0 Å². The Morgan fingerprint density at radius 2 is 2.19 bits per heavy atom. The molecule has 4 heteroatoms. The Morgan fingerprint density at radius 1 is 1.44 bits per heavy atom. The highest BCUT2D eigenvalue weighted by atomic mass is 127. The van der Waals surface area contributed by atoms with E-state index in [2.05, 4.69) is 27.9 Å². The van der Waals surface area contributed by atoms with Gasteiger partial charge in [0.25, 0.3) is 5.91 Å². The van der Waals surface area contributed by atoms with Crippen LogP contribution >= 0.6 is 34.2 Å². The Hall–Kier alpha value is -0.290. The van der Waals surface area contributed by atoms with E-state index in [0.717, 1.165) is 29.4 Å². The van der Waals surface area contributed by atoms with Crippen molar-refractivity contribution in [2.45, 2.75) is 19.8 Å². The summed E-state index contributed by atoms with van der Waals surface area (Å²) in [5, 5.41) is 3.50. The first-order valence-electron chi connectivity index (χ1n) is 5.25. The molecule has 0 radical (unpaired) electrons. The summed E-state index contributed by atoms with van der Waals surface area (Å²) in [5.74, 6) is -0.0338. The fourth-order valence-electron chi connectivity index (χ4n) is 1.36. The molecule has 1 N–H and O–H groups in total. The number of rotatable bonds is 5. The summed E-state index contributed by atoms with van der Waals surface area (Å²) in [6, 6.07) is 5.37. The van der Waals surface area contributed by atoms with Crippen LogP contribution in [0.25, 0.3) is 0 Å². The fraction of sp³-hybridized carbons (Fsp3) is 0.417. The summed E-state index contributed by atoms with van der Waals surface area (Å²) in [6.07, 6.45) is 2.16. The van der Waals surface area contributed by atoms with E-state index >= 15 is 0 Å². The van der Waals surface area contributed by atoms with Crippen LogP contribution in [0.15, 0.2) is 18.2 Å². The minimum atomic E-state index is -0.0338. The molecule has 0 aromatic heterocycles. The summed E-state index contributed by atoms with van der Waals surface area (Å²) in [5.41, 5.74) is 1.62. The van der Waals surface area contributed by atoms with Gasteiger partial charge in [-0.25, -0.2) is 0 Å². The van der Waals surface area contributed by atoms with Crippen LogP contribution in [0.4, 0.5) is 0 Å². The highest BCUT2D eigenvalue weighted by Gasteiger charge is 2.08. The van der Waals surface area contributed by atoms with Gasteiger partial charge in [0.05, 0.1) is 0 Å². The molecular weight excluding hydrogens is 336 g/mol. The number of halogens is 2. The molecule has 2 nitrogen and oxygen atoms in total. The molecule has 1 amide bonds. The maximum absolute atomic E-state index is 11.8. The molecule has 1 aromatic rings. The highest BCUT2D eigenvalue weighted by molar-refractivity contribution is 14.1. The third-order valence-electron chi connectivity index (χ3n) is 2.29. The van der Waals surface area contributed by atoms with E-state index in [1.54, 1.807) is 12.1 Å². The first-order chi connectivity index (χ1) is 7.65. The Balaban J connectivity index is 2.55. The van der Waals surface area contributed by atoms with E-state index in [-0.39, 0.29) is 5.91 Å². The minimum Gasteiger partial charge on any atom is -0.352 e. The standard InChI is InChI=1S/C12H15ClINO/c1-9-4-5-10(13)8-11(9)12(16)15-7-3-2-6-14/h4-5,8H,2-3,6-7H2,1H3,(H,15,16). The summed E-state index contributed by atoms with van der Waals surface area (Å²) < 4.78 is 1.13. The summed E-state index contributed by atoms with van der Waals surface area (Å²) in [6.45, 7) is 2.64. The first kappa shape index (κ1) is 13.8. The molecule has 16 heavy (non-hydrogen) atoms. The smallest absolute Gasteiger partial charge is 0.251 e. The van der Waals surface area contributed by atoms with Crippen molar-refractivity contribution in [3.05, 3.63) is 34.3 Å². The number of hydrogen-bond acceptors (Lipinski definition) is 1. The van der Waals surface area contributed by atoms with E-state index in [4.69, 9.17) is 11.6 Å². The number of hydrogen-bond donors (Lipinski definition) is 1. The number of carbonyl (C=O) groups is 1. The van der Waals surface area contributed by atoms with Crippen LogP contribution in [-0.2, 0) is 0 Å². The Kier molecular flexibility index (Phi) is 6.13. The van der Waals surface area contributed by atoms with Crippen molar-refractivity contribution in [1.82, 2.24) is 5.32 Å². The molecule has 0 unspecified atom stereocenters. The van der Waals surface area contributed by atoms with Gasteiger partial charge in [-0.3, -0.25) is 4.79 Å². The molecule has 0 heterocycles. The Labute approximate surface area is 115 Å². The third kappa shape index (κ3) is 4.29. The average Bonchev–Trinajstić information content (AvgIpc) is 2.27. The fourth-order valence-corrected chi connectivity index (χ4v) is 2.07. The van der Waals surface area contributed by atoms with Crippen molar-refractivity contribution < 1.29 is 4.79 Å². The molecule has 0 fully saturated rings. The lowest BCUT2D eigenvalue weighted by Crippen LogP contribution is -2.25. The maximum Gasteiger partial charge on any atom is 0.251 e. The highest BCUT2D eigenvalue weighted by Crippen LogP contribution is 2.15. The van der Waals surface area contributed by atoms with Crippen LogP contribution in [0, 0.1) is 6.92 Å². The zero-order valence-electron chi connectivity index (χ0n) is 9.22. The molecule has 0 saturated heterocycles. The van der Waals surface area contributed by atoms with Crippen LogP contribution in [0.3, 0.4) is 0 Å². The number of alkyl halides is 1. The average molecular weight is 352 g/mol. The second-order valence-electron chi connectivity index (χ2n) is 3.61. The SMILES string of the molecule is Cc1ccc(Cl)cc1C(=O)NCCCCI. The zero-order chi connectivity index (χ0) is 12.0. The quantitative estimate of drug-likeness (QED) is 0.490. The molecule has 0 bridgehead atoms. The molecule has 0 saturated carbocycles. The lowest BCUT2D eigenvalue weighted by Gasteiger charge is -2.07. The molecule has 0 atom stereocenters. The molecule has 0 aliphatic carbocycles. The van der Waals surface area contributed by atoms with E-state index < -0.39 is 0 Å². The zero-order valence-corrected chi connectivity index (χ0v) is 12.1. The van der Waals surface area contributed by atoms with Crippen molar-refractivity contribution in [1.29, 1.82) is 0 Å². The molecule has 1 aromatic carbocycles. The number of carbonyl (C=O) groups excluding carboxylic acids is 1. The molecule has 0 spiro atoms. The van der Waals surface area contributed by atoms with Crippen LogP contribution in [0.2, 0.25) is 5.02 Å². The van der Waals surface area contributed by atoms with Gasteiger partial charge in [-0.15, -0.1) is 0 Å². The van der Waals surface area contributed by atoms with Crippen LogP contribution in [0.1, 0.15) is 28.8 Å².